The van der Waals surface area contributed by atoms with Crippen molar-refractivity contribution in [3.8, 4) is 12.3 Å². The van der Waals surface area contributed by atoms with Gasteiger partial charge in [0.25, 0.3) is 0 Å². The number of terminal acetylenes is 1. The van der Waals surface area contributed by atoms with Crippen LogP contribution < -0.4 is 10.6 Å². The Morgan fingerprint density at radius 2 is 2.25 bits per heavy atom. The topological polar surface area (TPSA) is 44.4 Å². The van der Waals surface area contributed by atoms with Crippen molar-refractivity contribution < 1.29 is 4.79 Å². The number of likely N-dealkylation sites (tertiary alicyclic amines) is 1. The molecular weight excluding hydrogens is 202 g/mol. The second-order valence-electron chi connectivity index (χ2n) is 4.64. The minimum atomic E-state index is 0.0377. The molecule has 4 nitrogen and oxygen atoms in total. The molecule has 2 rings (SSSR count). The maximum absolute atomic E-state index is 11.5. The van der Waals surface area contributed by atoms with Crippen molar-refractivity contribution in [2.24, 2.45) is 0 Å². The summed E-state index contributed by atoms with van der Waals surface area (Å²) in [5.41, 5.74) is 0. The lowest BCUT2D eigenvalue weighted by Crippen LogP contribution is -2.41. The van der Waals surface area contributed by atoms with Crippen LogP contribution in [0.15, 0.2) is 0 Å². The van der Waals surface area contributed by atoms with Crippen LogP contribution in [0.3, 0.4) is 0 Å². The fraction of sp³-hybridized carbons (Fsp3) is 0.750. The number of amides is 1. The molecule has 88 valence electrons. The third-order valence-corrected chi connectivity index (χ3v) is 3.36. The van der Waals surface area contributed by atoms with Crippen LogP contribution in [0.1, 0.15) is 19.3 Å². The Labute approximate surface area is 96.8 Å². The van der Waals surface area contributed by atoms with Gasteiger partial charge in [-0.1, -0.05) is 5.92 Å². The summed E-state index contributed by atoms with van der Waals surface area (Å²) in [6.07, 6.45) is 8.78. The Morgan fingerprint density at radius 3 is 3.06 bits per heavy atom. The third-order valence-electron chi connectivity index (χ3n) is 3.36. The maximum atomic E-state index is 11.5. The summed E-state index contributed by atoms with van der Waals surface area (Å²) in [5, 5.41) is 6.30. The van der Waals surface area contributed by atoms with E-state index in [4.69, 9.17) is 6.42 Å². The Balaban J connectivity index is 1.77. The molecule has 2 heterocycles. The van der Waals surface area contributed by atoms with Gasteiger partial charge in [-0.15, -0.1) is 6.42 Å². The Morgan fingerprint density at radius 1 is 1.44 bits per heavy atom. The van der Waals surface area contributed by atoms with E-state index in [1.165, 1.54) is 12.8 Å². The molecule has 2 unspecified atom stereocenters. The summed E-state index contributed by atoms with van der Waals surface area (Å²) in [4.78, 5) is 13.7. The first-order valence-electron chi connectivity index (χ1n) is 5.96. The molecule has 2 aliphatic rings. The summed E-state index contributed by atoms with van der Waals surface area (Å²) in [6, 6.07) is 1.25. The number of rotatable bonds is 3. The largest absolute Gasteiger partial charge is 0.344 e. The molecule has 4 heteroatoms. The zero-order chi connectivity index (χ0) is 11.4. The van der Waals surface area contributed by atoms with Gasteiger partial charge < -0.3 is 10.6 Å². The van der Waals surface area contributed by atoms with E-state index in [1.54, 1.807) is 0 Å². The maximum Gasteiger partial charge on any atom is 0.234 e. The molecule has 0 aromatic carbocycles. The van der Waals surface area contributed by atoms with Gasteiger partial charge in [-0.3, -0.25) is 9.69 Å². The first-order valence-corrected chi connectivity index (χ1v) is 5.96. The van der Waals surface area contributed by atoms with Gasteiger partial charge >= 0.3 is 0 Å². The van der Waals surface area contributed by atoms with Crippen molar-refractivity contribution in [3.63, 3.8) is 0 Å². The lowest BCUT2D eigenvalue weighted by Gasteiger charge is -2.22. The summed E-state index contributed by atoms with van der Waals surface area (Å²) in [5.74, 6) is 2.45. The van der Waals surface area contributed by atoms with Gasteiger partial charge in [0.2, 0.25) is 5.91 Å². The summed E-state index contributed by atoms with van der Waals surface area (Å²) >= 11 is 0. The number of carbonyl (C=O) groups is 1. The predicted molar refractivity (Wildman–Crippen MR) is 62.8 cm³/mol. The number of nitrogens with one attached hydrogen (secondary N) is 2. The van der Waals surface area contributed by atoms with E-state index in [1.807, 2.05) is 0 Å². The minimum Gasteiger partial charge on any atom is -0.344 e. The van der Waals surface area contributed by atoms with Crippen molar-refractivity contribution in [3.05, 3.63) is 0 Å². The molecule has 0 aromatic rings. The zero-order valence-electron chi connectivity index (χ0n) is 9.54. The van der Waals surface area contributed by atoms with E-state index >= 15 is 0 Å². The molecule has 2 aliphatic heterocycles. The van der Waals surface area contributed by atoms with Crippen LogP contribution in [-0.4, -0.2) is 49.1 Å². The summed E-state index contributed by atoms with van der Waals surface area (Å²) in [6.45, 7) is 2.81. The normalized spacial score (nSPS) is 29.4. The molecule has 0 spiro atoms. The molecule has 2 atom stereocenters. The van der Waals surface area contributed by atoms with E-state index in [-0.39, 0.29) is 5.91 Å². The van der Waals surface area contributed by atoms with Crippen molar-refractivity contribution in [1.29, 1.82) is 0 Å². The molecule has 2 saturated heterocycles. The van der Waals surface area contributed by atoms with E-state index in [0.717, 1.165) is 19.5 Å². The van der Waals surface area contributed by atoms with Gasteiger partial charge in [0.05, 0.1) is 13.1 Å². The van der Waals surface area contributed by atoms with Gasteiger partial charge in [0, 0.05) is 25.2 Å². The smallest absolute Gasteiger partial charge is 0.234 e. The van der Waals surface area contributed by atoms with Crippen LogP contribution in [0.5, 0.6) is 0 Å². The Bertz CT molecular complexity index is 297. The molecular formula is C12H19N3O. The van der Waals surface area contributed by atoms with E-state index in [9.17, 15) is 4.79 Å². The minimum absolute atomic E-state index is 0.0377. The number of fused-ring (bicyclic) bond motifs is 2. The molecule has 0 aromatic heterocycles. The lowest BCUT2D eigenvalue weighted by molar-refractivity contribution is -0.122. The van der Waals surface area contributed by atoms with Crippen LogP contribution in [0.4, 0.5) is 0 Å². The highest BCUT2D eigenvalue weighted by Gasteiger charge is 2.29. The number of hydrogen-bond donors (Lipinski definition) is 2. The fourth-order valence-corrected chi connectivity index (χ4v) is 2.57. The molecule has 2 fully saturated rings. The Hall–Kier alpha value is -1.05. The van der Waals surface area contributed by atoms with Gasteiger partial charge in [0.15, 0.2) is 0 Å². The fourth-order valence-electron chi connectivity index (χ4n) is 2.57. The predicted octanol–water partition coefficient (Wildman–Crippen LogP) is -0.438. The van der Waals surface area contributed by atoms with Crippen LogP contribution in [0.2, 0.25) is 0 Å². The monoisotopic (exact) mass is 221 g/mol. The first kappa shape index (κ1) is 11.4. The van der Waals surface area contributed by atoms with E-state index in [2.05, 4.69) is 21.5 Å². The lowest BCUT2D eigenvalue weighted by atomic mass is 10.1. The second kappa shape index (κ2) is 5.33. The molecule has 0 aliphatic carbocycles. The van der Waals surface area contributed by atoms with Gasteiger partial charge in [0.1, 0.15) is 0 Å². The molecule has 0 saturated carbocycles. The molecule has 2 bridgehead atoms. The van der Waals surface area contributed by atoms with Crippen LogP contribution in [0, 0.1) is 12.3 Å². The highest BCUT2D eigenvalue weighted by molar-refractivity contribution is 5.78. The van der Waals surface area contributed by atoms with Gasteiger partial charge in [-0.25, -0.2) is 0 Å². The van der Waals surface area contributed by atoms with Crippen LogP contribution in [0.25, 0.3) is 0 Å². The quantitative estimate of drug-likeness (QED) is 0.635. The first-order chi connectivity index (χ1) is 7.78. The third kappa shape index (κ3) is 2.97. The average Bonchev–Trinajstić information content (AvgIpc) is 2.60. The molecule has 0 radical (unpaired) electrons. The van der Waals surface area contributed by atoms with E-state index < -0.39 is 0 Å². The van der Waals surface area contributed by atoms with Crippen LogP contribution >= 0.6 is 0 Å². The van der Waals surface area contributed by atoms with Crippen molar-refractivity contribution in [2.75, 3.05) is 26.2 Å². The summed E-state index contributed by atoms with van der Waals surface area (Å²) < 4.78 is 0. The van der Waals surface area contributed by atoms with Crippen molar-refractivity contribution in [1.82, 2.24) is 15.5 Å². The summed E-state index contributed by atoms with van der Waals surface area (Å²) in [7, 11) is 0. The Kier molecular flexibility index (Phi) is 3.81. The van der Waals surface area contributed by atoms with Crippen molar-refractivity contribution in [2.45, 2.75) is 31.3 Å². The highest BCUT2D eigenvalue weighted by atomic mass is 16.2. The highest BCUT2D eigenvalue weighted by Crippen LogP contribution is 2.19. The standard InChI is InChI=1S/C12H19N3O/c1-2-6-13-12(16)9-15-7-5-10-3-4-11(8-15)14-10/h1,10-11,14H,3-9H2,(H,13,16). The number of carbonyl (C=O) groups excluding carboxylic acids is 1. The number of nitrogens with zero attached hydrogens (tertiary/aromatic N) is 1. The second-order valence-corrected chi connectivity index (χ2v) is 4.64. The van der Waals surface area contributed by atoms with Gasteiger partial charge in [-0.2, -0.15) is 0 Å². The zero-order valence-corrected chi connectivity index (χ0v) is 9.54. The molecule has 2 N–H and O–H groups in total. The molecule has 1 amide bonds. The van der Waals surface area contributed by atoms with E-state index in [0.29, 0.717) is 25.2 Å². The average molecular weight is 221 g/mol. The molecule has 16 heavy (non-hydrogen) atoms. The van der Waals surface area contributed by atoms with Crippen LogP contribution in [-0.2, 0) is 4.79 Å². The van der Waals surface area contributed by atoms with Gasteiger partial charge in [-0.05, 0) is 19.3 Å². The van der Waals surface area contributed by atoms with Crippen molar-refractivity contribution >= 4 is 5.91 Å². The SMILES string of the molecule is C#CCNC(=O)CN1CCC2CCC(C1)N2. The number of hydrogen-bond acceptors (Lipinski definition) is 3.